The van der Waals surface area contributed by atoms with E-state index >= 15 is 0 Å². The van der Waals surface area contributed by atoms with Crippen molar-refractivity contribution in [3.05, 3.63) is 39.9 Å². The van der Waals surface area contributed by atoms with Gasteiger partial charge in [-0.1, -0.05) is 12.1 Å². The third-order valence-electron chi connectivity index (χ3n) is 3.98. The number of hydrogen-bond acceptors (Lipinski definition) is 5. The quantitative estimate of drug-likeness (QED) is 0.492. The molecule has 21 heavy (non-hydrogen) atoms. The van der Waals surface area contributed by atoms with Gasteiger partial charge in [0.15, 0.2) is 0 Å². The lowest BCUT2D eigenvalue weighted by atomic mass is 9.89. The second-order valence-corrected chi connectivity index (χ2v) is 6.49. The van der Waals surface area contributed by atoms with Gasteiger partial charge in [0.2, 0.25) is 0 Å². The summed E-state index contributed by atoms with van der Waals surface area (Å²) in [5.74, 6) is 0.704. The Morgan fingerprint density at radius 3 is 2.33 bits per heavy atom. The van der Waals surface area contributed by atoms with Crippen molar-refractivity contribution in [1.29, 1.82) is 0 Å². The molecular formula is C14H20N2O4S. The molecule has 0 bridgehead atoms. The van der Waals surface area contributed by atoms with Crippen LogP contribution in [0.3, 0.4) is 0 Å². The van der Waals surface area contributed by atoms with E-state index < -0.39 is 10.7 Å². The summed E-state index contributed by atoms with van der Waals surface area (Å²) in [5, 5.41) is 10.6. The number of benzene rings is 1. The molecule has 0 spiro atoms. The fourth-order valence-corrected chi connectivity index (χ4v) is 3.18. The molecular weight excluding hydrogens is 292 g/mol. The maximum absolute atomic E-state index is 10.6. The monoisotopic (exact) mass is 312 g/mol. The largest absolute Gasteiger partial charge is 0.303 e. The van der Waals surface area contributed by atoms with Crippen LogP contribution in [0.5, 0.6) is 0 Å². The third-order valence-corrected chi connectivity index (χ3v) is 4.66. The Morgan fingerprint density at radius 2 is 1.81 bits per heavy atom. The van der Waals surface area contributed by atoms with E-state index in [0.717, 1.165) is 38.0 Å². The van der Waals surface area contributed by atoms with E-state index in [1.54, 1.807) is 12.1 Å². The van der Waals surface area contributed by atoms with Gasteiger partial charge in [0.1, 0.15) is 10.7 Å². The van der Waals surface area contributed by atoms with Crippen molar-refractivity contribution in [1.82, 2.24) is 4.90 Å². The first-order valence-electron chi connectivity index (χ1n) is 7.15. The van der Waals surface area contributed by atoms with Gasteiger partial charge < -0.3 is 4.90 Å². The first kappa shape index (κ1) is 15.9. The highest BCUT2D eigenvalue weighted by molar-refractivity contribution is 7.72. The second-order valence-electron chi connectivity index (χ2n) is 5.37. The predicted molar refractivity (Wildman–Crippen MR) is 81.3 cm³/mol. The van der Waals surface area contributed by atoms with Crippen LogP contribution in [-0.2, 0) is 10.7 Å². The number of likely N-dealkylation sites (tertiary alicyclic amines) is 1. The van der Waals surface area contributed by atoms with Crippen molar-refractivity contribution in [3.63, 3.8) is 0 Å². The van der Waals surface area contributed by atoms with Crippen LogP contribution in [0.15, 0.2) is 24.3 Å². The van der Waals surface area contributed by atoms with Crippen molar-refractivity contribution in [2.45, 2.75) is 25.2 Å². The highest BCUT2D eigenvalue weighted by atomic mass is 32.2. The van der Waals surface area contributed by atoms with Gasteiger partial charge in [0, 0.05) is 17.9 Å². The van der Waals surface area contributed by atoms with E-state index in [-0.39, 0.29) is 16.4 Å². The molecule has 0 aliphatic carbocycles. The minimum Gasteiger partial charge on any atom is -0.303 e. The van der Waals surface area contributed by atoms with E-state index in [1.807, 2.05) is 12.1 Å². The van der Waals surface area contributed by atoms with E-state index in [2.05, 4.69) is 4.90 Å². The van der Waals surface area contributed by atoms with E-state index in [9.17, 15) is 18.5 Å². The lowest BCUT2D eigenvalue weighted by molar-refractivity contribution is -0.384. The number of nitrogens with zero attached hydrogens (tertiary/aromatic N) is 2. The van der Waals surface area contributed by atoms with E-state index in [4.69, 9.17) is 0 Å². The molecule has 0 saturated carbocycles. The number of nitro groups is 1. The number of nitro benzene ring substituents is 1. The SMILES string of the molecule is O=[N+]([O-])c1ccc(C2CCN(CCC[SH](=O)=O)CC2)cc1. The van der Waals surface area contributed by atoms with Crippen molar-refractivity contribution >= 4 is 16.4 Å². The molecule has 6 nitrogen and oxygen atoms in total. The fraction of sp³-hybridized carbons (Fsp3) is 0.571. The van der Waals surface area contributed by atoms with Gasteiger partial charge in [-0.15, -0.1) is 0 Å². The first-order chi connectivity index (χ1) is 10.1. The van der Waals surface area contributed by atoms with Crippen molar-refractivity contribution < 1.29 is 13.3 Å². The molecule has 116 valence electrons. The van der Waals surface area contributed by atoms with Crippen molar-refractivity contribution in [3.8, 4) is 0 Å². The van der Waals surface area contributed by atoms with Gasteiger partial charge in [-0.2, -0.15) is 0 Å². The highest BCUT2D eigenvalue weighted by Gasteiger charge is 2.20. The van der Waals surface area contributed by atoms with Crippen LogP contribution in [0, 0.1) is 10.1 Å². The molecule has 1 aliphatic rings. The van der Waals surface area contributed by atoms with Crippen LogP contribution >= 0.6 is 0 Å². The fourth-order valence-electron chi connectivity index (χ4n) is 2.78. The Bertz CT molecular complexity index is 541. The number of thiol groups is 1. The minimum atomic E-state index is -2.26. The minimum absolute atomic E-state index is 0.128. The predicted octanol–water partition coefficient (Wildman–Crippen LogP) is 1.78. The molecule has 1 heterocycles. The molecule has 1 aromatic carbocycles. The van der Waals surface area contributed by atoms with Crippen LogP contribution in [-0.4, -0.2) is 43.6 Å². The molecule has 2 rings (SSSR count). The summed E-state index contributed by atoms with van der Waals surface area (Å²) in [4.78, 5) is 12.5. The summed E-state index contributed by atoms with van der Waals surface area (Å²) in [5.41, 5.74) is 1.28. The Morgan fingerprint density at radius 1 is 1.19 bits per heavy atom. The van der Waals surface area contributed by atoms with Gasteiger partial charge in [0.05, 0.1) is 4.92 Å². The molecule has 0 unspecified atom stereocenters. The van der Waals surface area contributed by atoms with Crippen LogP contribution in [0.4, 0.5) is 5.69 Å². The average molecular weight is 312 g/mol. The Hall–Kier alpha value is -1.47. The van der Waals surface area contributed by atoms with Gasteiger partial charge in [0.25, 0.3) is 5.69 Å². The van der Waals surface area contributed by atoms with Crippen molar-refractivity contribution in [2.24, 2.45) is 0 Å². The smallest absolute Gasteiger partial charge is 0.269 e. The van der Waals surface area contributed by atoms with Crippen LogP contribution in [0.2, 0.25) is 0 Å². The summed E-state index contributed by atoms with van der Waals surface area (Å²) < 4.78 is 21.0. The number of hydrogen-bond donors (Lipinski definition) is 1. The summed E-state index contributed by atoms with van der Waals surface area (Å²) in [6.45, 7) is 2.74. The van der Waals surface area contributed by atoms with Gasteiger partial charge in [-0.3, -0.25) is 10.1 Å². The zero-order valence-corrected chi connectivity index (χ0v) is 12.7. The summed E-state index contributed by atoms with van der Waals surface area (Å²) in [6.07, 6.45) is 2.73. The highest BCUT2D eigenvalue weighted by Crippen LogP contribution is 2.29. The topological polar surface area (TPSA) is 80.5 Å². The van der Waals surface area contributed by atoms with E-state index in [0.29, 0.717) is 12.3 Å². The summed E-state index contributed by atoms with van der Waals surface area (Å²) in [7, 11) is -2.26. The van der Waals surface area contributed by atoms with Crippen LogP contribution < -0.4 is 0 Å². The molecule has 0 N–H and O–H groups in total. The normalized spacial score (nSPS) is 17.2. The molecule has 0 amide bonds. The molecule has 7 heteroatoms. The molecule has 1 saturated heterocycles. The number of piperidine rings is 1. The zero-order valence-electron chi connectivity index (χ0n) is 11.8. The Kier molecular flexibility index (Phi) is 5.69. The molecule has 1 aliphatic heterocycles. The molecule has 0 radical (unpaired) electrons. The van der Waals surface area contributed by atoms with Gasteiger partial charge >= 0.3 is 0 Å². The van der Waals surface area contributed by atoms with Gasteiger partial charge in [-0.25, -0.2) is 8.42 Å². The molecule has 1 aromatic rings. The third kappa shape index (κ3) is 4.78. The Labute approximate surface area is 125 Å². The number of non-ortho nitro benzene ring substituents is 1. The average Bonchev–Trinajstić information content (AvgIpc) is 2.48. The van der Waals surface area contributed by atoms with Crippen LogP contribution in [0.1, 0.15) is 30.7 Å². The van der Waals surface area contributed by atoms with Gasteiger partial charge in [-0.05, 0) is 50.4 Å². The number of rotatable bonds is 6. The van der Waals surface area contributed by atoms with Crippen molar-refractivity contribution in [2.75, 3.05) is 25.4 Å². The van der Waals surface area contributed by atoms with E-state index in [1.165, 1.54) is 0 Å². The maximum atomic E-state index is 10.6. The maximum Gasteiger partial charge on any atom is 0.269 e. The standard InChI is InChI=1S/C14H20N2O4S/c17-16(18)14-4-2-12(3-5-14)13-6-9-15(10-7-13)8-1-11-21(19)20/h2-5,13,21H,1,6-11H2. The first-order valence-corrected chi connectivity index (χ1v) is 8.51. The lowest BCUT2D eigenvalue weighted by Crippen LogP contribution is -2.34. The molecule has 0 aromatic heterocycles. The van der Waals surface area contributed by atoms with Crippen LogP contribution in [0.25, 0.3) is 0 Å². The Balaban J connectivity index is 1.81. The summed E-state index contributed by atoms with van der Waals surface area (Å²) in [6, 6.07) is 6.82. The zero-order chi connectivity index (χ0) is 15.2. The lowest BCUT2D eigenvalue weighted by Gasteiger charge is -2.32. The second kappa shape index (κ2) is 7.51. The summed E-state index contributed by atoms with van der Waals surface area (Å²) >= 11 is 0. The molecule has 0 atom stereocenters. The molecule has 1 fully saturated rings.